The molecule has 3 heterocycles. The van der Waals surface area contributed by atoms with Crippen LogP contribution in [0.5, 0.6) is 0 Å². The molecule has 0 bridgehead atoms. The van der Waals surface area contributed by atoms with Gasteiger partial charge < -0.3 is 14.2 Å². The smallest absolute Gasteiger partial charge is 0.409 e. The summed E-state index contributed by atoms with van der Waals surface area (Å²) < 4.78 is 37.7. The molecule has 8 nitrogen and oxygen atoms in total. The second-order valence-electron chi connectivity index (χ2n) is 7.68. The molecule has 0 N–H and O–H groups in total. The number of unbranched alkanes of at least 4 members (excludes halogenated alkanes) is 2. The summed E-state index contributed by atoms with van der Waals surface area (Å²) in [4.78, 5) is 18.3. The van der Waals surface area contributed by atoms with E-state index in [4.69, 9.17) is 9.26 Å². The van der Waals surface area contributed by atoms with E-state index < -0.39 is 6.55 Å². The number of fused-ring (bicyclic) bond motifs is 1. The lowest BCUT2D eigenvalue weighted by molar-refractivity contribution is 0.0615. The van der Waals surface area contributed by atoms with Gasteiger partial charge in [-0.3, -0.25) is 0 Å². The number of aromatic nitrogens is 4. The summed E-state index contributed by atoms with van der Waals surface area (Å²) in [6.45, 7) is 0.959. The van der Waals surface area contributed by atoms with Gasteiger partial charge in [-0.1, -0.05) is 37.1 Å². The first kappa shape index (κ1) is 21.2. The summed E-state index contributed by atoms with van der Waals surface area (Å²) in [7, 11) is 0. The van der Waals surface area contributed by atoms with Crippen LogP contribution in [0.15, 0.2) is 28.9 Å². The van der Waals surface area contributed by atoms with E-state index in [0.29, 0.717) is 65.4 Å². The normalized spacial score (nSPS) is 15.2. The minimum absolute atomic E-state index is 0.0423. The maximum atomic E-state index is 13.1. The van der Waals surface area contributed by atoms with Gasteiger partial charge in [0.05, 0.1) is 18.3 Å². The highest BCUT2D eigenvalue weighted by molar-refractivity contribution is 5.83. The lowest BCUT2D eigenvalue weighted by atomic mass is 9.97. The average Bonchev–Trinajstić information content (AvgIpc) is 3.43. The average molecular weight is 433 g/mol. The van der Waals surface area contributed by atoms with Crippen LogP contribution in [-0.4, -0.2) is 50.6 Å². The fourth-order valence-corrected chi connectivity index (χ4v) is 3.76. The van der Waals surface area contributed by atoms with Crippen LogP contribution in [0.4, 0.5) is 13.6 Å². The number of nitrogens with zero attached hydrogens (tertiary/aromatic N) is 5. The van der Waals surface area contributed by atoms with Crippen LogP contribution in [0.1, 0.15) is 57.4 Å². The Morgan fingerprint density at radius 3 is 2.84 bits per heavy atom. The van der Waals surface area contributed by atoms with E-state index in [1.165, 1.54) is 6.20 Å². The Labute approximate surface area is 178 Å². The number of hydrogen-bond donors (Lipinski definition) is 0. The molecule has 0 spiro atoms. The maximum Gasteiger partial charge on any atom is 0.409 e. The van der Waals surface area contributed by atoms with Crippen LogP contribution in [-0.2, 0) is 4.74 Å². The van der Waals surface area contributed by atoms with Crippen molar-refractivity contribution in [2.45, 2.75) is 51.5 Å². The molecule has 2 aromatic heterocycles. The number of carbonyl (C=O) groups excluding carboxylic acids is 1. The highest BCUT2D eigenvalue weighted by Gasteiger charge is 2.28. The Morgan fingerprint density at radius 2 is 2.10 bits per heavy atom. The largest absolute Gasteiger partial charge is 0.449 e. The van der Waals surface area contributed by atoms with Gasteiger partial charge in [0.25, 0.3) is 0 Å². The van der Waals surface area contributed by atoms with Crippen molar-refractivity contribution in [2.24, 2.45) is 0 Å². The minimum Gasteiger partial charge on any atom is -0.449 e. The van der Waals surface area contributed by atoms with Gasteiger partial charge >= 0.3 is 12.6 Å². The van der Waals surface area contributed by atoms with Crippen molar-refractivity contribution in [1.82, 2.24) is 24.8 Å². The predicted octanol–water partition coefficient (Wildman–Crippen LogP) is 4.99. The molecule has 1 saturated heterocycles. The molecule has 0 atom stereocenters. The predicted molar refractivity (Wildman–Crippen MR) is 109 cm³/mol. The van der Waals surface area contributed by atoms with Crippen molar-refractivity contribution < 1.29 is 22.8 Å². The quantitative estimate of drug-likeness (QED) is 0.488. The van der Waals surface area contributed by atoms with Crippen molar-refractivity contribution in [3.05, 3.63) is 30.3 Å². The molecule has 1 aliphatic rings. The third-order valence-corrected chi connectivity index (χ3v) is 5.56. The molecule has 4 rings (SSSR count). The van der Waals surface area contributed by atoms with Gasteiger partial charge in [0.1, 0.15) is 0 Å². The third kappa shape index (κ3) is 4.67. The van der Waals surface area contributed by atoms with Gasteiger partial charge in [0, 0.05) is 30.0 Å². The molecule has 1 fully saturated rings. The van der Waals surface area contributed by atoms with Crippen molar-refractivity contribution in [3.63, 3.8) is 0 Å². The van der Waals surface area contributed by atoms with Gasteiger partial charge in [-0.05, 0) is 25.3 Å². The van der Waals surface area contributed by atoms with E-state index in [1.54, 1.807) is 23.1 Å². The Hall–Kier alpha value is -3.04. The second kappa shape index (κ2) is 9.40. The molecule has 3 aromatic rings. The monoisotopic (exact) mass is 433 g/mol. The van der Waals surface area contributed by atoms with Gasteiger partial charge in [-0.25, -0.2) is 9.48 Å². The van der Waals surface area contributed by atoms with Crippen molar-refractivity contribution in [2.75, 3.05) is 19.7 Å². The molecule has 166 valence electrons. The minimum atomic E-state index is -2.72. The first-order valence-corrected chi connectivity index (χ1v) is 10.6. The number of alkyl halides is 2. The highest BCUT2D eigenvalue weighted by atomic mass is 19.3. The van der Waals surface area contributed by atoms with Crippen LogP contribution >= 0.6 is 0 Å². The standard InChI is InChI=1S/C21H25F2N5O3/c1-2-3-4-11-30-21(29)27-9-7-14(8-10-27)19-25-18(26-31-19)15-5-6-16-13-24-28(20(22)23)17(16)12-15/h5-6,12-14,20H,2-4,7-11H2,1H3. The van der Waals surface area contributed by atoms with Crippen molar-refractivity contribution in [3.8, 4) is 11.4 Å². The molecule has 0 aliphatic carbocycles. The number of amides is 1. The van der Waals surface area contributed by atoms with Crippen LogP contribution < -0.4 is 0 Å². The number of piperidine rings is 1. The third-order valence-electron chi connectivity index (χ3n) is 5.56. The molecular formula is C21H25F2N5O3. The molecular weight excluding hydrogens is 408 g/mol. The first-order valence-electron chi connectivity index (χ1n) is 10.6. The van der Waals surface area contributed by atoms with Crippen molar-refractivity contribution >= 4 is 17.0 Å². The number of halogens is 2. The molecule has 31 heavy (non-hydrogen) atoms. The number of rotatable bonds is 7. The maximum absolute atomic E-state index is 13.1. The van der Waals surface area contributed by atoms with E-state index >= 15 is 0 Å². The summed E-state index contributed by atoms with van der Waals surface area (Å²) >= 11 is 0. The molecule has 1 aliphatic heterocycles. The van der Waals surface area contributed by atoms with Crippen LogP contribution in [0.2, 0.25) is 0 Å². The van der Waals surface area contributed by atoms with E-state index in [2.05, 4.69) is 22.2 Å². The molecule has 0 unspecified atom stereocenters. The topological polar surface area (TPSA) is 86.3 Å². The van der Waals surface area contributed by atoms with Crippen LogP contribution in [0, 0.1) is 0 Å². The van der Waals surface area contributed by atoms with Gasteiger partial charge in [-0.2, -0.15) is 18.9 Å². The SMILES string of the molecule is CCCCCOC(=O)N1CCC(c2nc(-c3ccc4cnn(C(F)F)c4c3)no2)CC1. The lowest BCUT2D eigenvalue weighted by Gasteiger charge is -2.29. The fourth-order valence-electron chi connectivity index (χ4n) is 3.76. The summed E-state index contributed by atoms with van der Waals surface area (Å²) in [6.07, 6.45) is 5.53. The van der Waals surface area contributed by atoms with Crippen LogP contribution in [0.25, 0.3) is 22.3 Å². The lowest BCUT2D eigenvalue weighted by Crippen LogP contribution is -2.38. The Balaban J connectivity index is 1.38. The molecule has 0 radical (unpaired) electrons. The Morgan fingerprint density at radius 1 is 1.29 bits per heavy atom. The number of ether oxygens (including phenoxy) is 1. The van der Waals surface area contributed by atoms with E-state index in [1.807, 2.05) is 0 Å². The second-order valence-corrected chi connectivity index (χ2v) is 7.68. The number of hydrogen-bond acceptors (Lipinski definition) is 6. The zero-order valence-electron chi connectivity index (χ0n) is 17.3. The Bertz CT molecular complexity index is 1030. The Kier molecular flexibility index (Phi) is 6.43. The molecule has 1 aromatic carbocycles. The highest BCUT2D eigenvalue weighted by Crippen LogP contribution is 2.30. The zero-order chi connectivity index (χ0) is 21.8. The summed E-state index contributed by atoms with van der Waals surface area (Å²) in [5.41, 5.74) is 0.891. The molecule has 10 heteroatoms. The molecule has 0 saturated carbocycles. The summed E-state index contributed by atoms with van der Waals surface area (Å²) in [5, 5.41) is 8.36. The summed E-state index contributed by atoms with van der Waals surface area (Å²) in [5.74, 6) is 0.880. The van der Waals surface area contributed by atoms with Gasteiger partial charge in [-0.15, -0.1) is 0 Å². The number of likely N-dealkylation sites (tertiary alicyclic amines) is 1. The first-order chi connectivity index (χ1) is 15.1. The van der Waals surface area contributed by atoms with E-state index in [0.717, 1.165) is 19.3 Å². The molecule has 1 amide bonds. The van der Waals surface area contributed by atoms with E-state index in [9.17, 15) is 13.6 Å². The van der Waals surface area contributed by atoms with Gasteiger partial charge in [0.2, 0.25) is 11.7 Å². The van der Waals surface area contributed by atoms with E-state index in [-0.39, 0.29) is 12.0 Å². The van der Waals surface area contributed by atoms with Crippen LogP contribution in [0.3, 0.4) is 0 Å². The zero-order valence-corrected chi connectivity index (χ0v) is 17.3. The number of carbonyl (C=O) groups is 1. The number of benzene rings is 1. The summed E-state index contributed by atoms with van der Waals surface area (Å²) in [6, 6.07) is 5.04. The van der Waals surface area contributed by atoms with Crippen molar-refractivity contribution in [1.29, 1.82) is 0 Å². The fraction of sp³-hybridized carbons (Fsp3) is 0.524. The van der Waals surface area contributed by atoms with Gasteiger partial charge in [0.15, 0.2) is 0 Å².